The van der Waals surface area contributed by atoms with E-state index in [1.165, 1.54) is 19.5 Å². The van der Waals surface area contributed by atoms with Gasteiger partial charge in [0.25, 0.3) is 0 Å². The fourth-order valence-corrected chi connectivity index (χ4v) is 1.35. The predicted molar refractivity (Wildman–Crippen MR) is 57.5 cm³/mol. The minimum Gasteiger partial charge on any atom is -0.495 e. The average molecular weight is 225 g/mol. The molecule has 16 heavy (non-hydrogen) atoms. The molecule has 0 amide bonds. The SMILES string of the molecule is COc1cncc(C(C)(C)C(O)C(=O)O)c1. The van der Waals surface area contributed by atoms with E-state index in [0.717, 1.165) is 0 Å². The molecule has 1 rings (SSSR count). The van der Waals surface area contributed by atoms with Gasteiger partial charge in [0, 0.05) is 11.6 Å². The number of pyridine rings is 1. The van der Waals surface area contributed by atoms with Crippen LogP contribution in [0, 0.1) is 0 Å². The van der Waals surface area contributed by atoms with Gasteiger partial charge in [0.1, 0.15) is 5.75 Å². The van der Waals surface area contributed by atoms with E-state index < -0.39 is 17.5 Å². The van der Waals surface area contributed by atoms with Gasteiger partial charge >= 0.3 is 5.97 Å². The van der Waals surface area contributed by atoms with Crippen LogP contribution in [0.1, 0.15) is 19.4 Å². The monoisotopic (exact) mass is 225 g/mol. The van der Waals surface area contributed by atoms with Gasteiger partial charge in [0.2, 0.25) is 0 Å². The highest BCUT2D eigenvalue weighted by Crippen LogP contribution is 2.28. The fraction of sp³-hybridized carbons (Fsp3) is 0.455. The van der Waals surface area contributed by atoms with Gasteiger partial charge in [-0.05, 0) is 11.6 Å². The first-order valence-electron chi connectivity index (χ1n) is 4.80. The molecule has 0 aliphatic carbocycles. The second kappa shape index (κ2) is 4.49. The number of methoxy groups -OCH3 is 1. The molecule has 0 saturated heterocycles. The minimum atomic E-state index is -1.48. The number of aliphatic hydroxyl groups excluding tert-OH is 1. The number of carboxylic acid groups (broad SMARTS) is 1. The lowest BCUT2D eigenvalue weighted by Crippen LogP contribution is -2.39. The van der Waals surface area contributed by atoms with Gasteiger partial charge < -0.3 is 14.9 Å². The lowest BCUT2D eigenvalue weighted by Gasteiger charge is -2.27. The van der Waals surface area contributed by atoms with Crippen LogP contribution in [0.25, 0.3) is 0 Å². The highest BCUT2D eigenvalue weighted by molar-refractivity contribution is 5.74. The molecule has 5 nitrogen and oxygen atoms in total. The van der Waals surface area contributed by atoms with Crippen LogP contribution in [-0.4, -0.2) is 34.4 Å². The number of aliphatic hydroxyl groups is 1. The van der Waals surface area contributed by atoms with E-state index in [2.05, 4.69) is 4.98 Å². The first-order valence-corrected chi connectivity index (χ1v) is 4.80. The first kappa shape index (κ1) is 12.4. The van der Waals surface area contributed by atoms with Crippen molar-refractivity contribution >= 4 is 5.97 Å². The van der Waals surface area contributed by atoms with Crippen LogP contribution in [-0.2, 0) is 10.2 Å². The largest absolute Gasteiger partial charge is 0.495 e. The van der Waals surface area contributed by atoms with E-state index >= 15 is 0 Å². The van der Waals surface area contributed by atoms with Gasteiger partial charge in [0.15, 0.2) is 6.10 Å². The van der Waals surface area contributed by atoms with E-state index in [4.69, 9.17) is 9.84 Å². The number of carbonyl (C=O) groups is 1. The quantitative estimate of drug-likeness (QED) is 0.792. The molecule has 0 saturated carbocycles. The average Bonchev–Trinajstić information content (AvgIpc) is 2.27. The van der Waals surface area contributed by atoms with Crippen LogP contribution in [0.5, 0.6) is 5.75 Å². The van der Waals surface area contributed by atoms with E-state index in [1.54, 1.807) is 19.9 Å². The molecule has 0 aliphatic rings. The summed E-state index contributed by atoms with van der Waals surface area (Å²) in [4.78, 5) is 14.7. The van der Waals surface area contributed by atoms with Crippen molar-refractivity contribution in [1.82, 2.24) is 4.98 Å². The molecule has 1 unspecified atom stereocenters. The number of rotatable bonds is 4. The predicted octanol–water partition coefficient (Wildman–Crippen LogP) is 0.813. The summed E-state index contributed by atoms with van der Waals surface area (Å²) in [6.07, 6.45) is 1.56. The zero-order chi connectivity index (χ0) is 12.3. The number of hydrogen-bond acceptors (Lipinski definition) is 4. The van der Waals surface area contributed by atoms with E-state index in [0.29, 0.717) is 11.3 Å². The number of hydrogen-bond donors (Lipinski definition) is 2. The Kier molecular flexibility index (Phi) is 3.49. The molecular weight excluding hydrogens is 210 g/mol. The maximum Gasteiger partial charge on any atom is 0.333 e. The van der Waals surface area contributed by atoms with Crippen LogP contribution in [0.2, 0.25) is 0 Å². The Morgan fingerprint density at radius 3 is 2.62 bits per heavy atom. The molecule has 1 aromatic heterocycles. The summed E-state index contributed by atoms with van der Waals surface area (Å²) < 4.78 is 5.00. The molecule has 88 valence electrons. The first-order chi connectivity index (χ1) is 7.39. The van der Waals surface area contributed by atoms with Crippen molar-refractivity contribution in [2.75, 3.05) is 7.11 Å². The zero-order valence-electron chi connectivity index (χ0n) is 9.47. The molecule has 0 radical (unpaired) electrons. The van der Waals surface area contributed by atoms with Crippen LogP contribution < -0.4 is 4.74 Å². The van der Waals surface area contributed by atoms with Crippen molar-refractivity contribution in [3.8, 4) is 5.75 Å². The van der Waals surface area contributed by atoms with Crippen molar-refractivity contribution in [2.45, 2.75) is 25.4 Å². The van der Waals surface area contributed by atoms with Gasteiger partial charge in [-0.3, -0.25) is 4.98 Å². The van der Waals surface area contributed by atoms with Gasteiger partial charge in [-0.2, -0.15) is 0 Å². The summed E-state index contributed by atoms with van der Waals surface area (Å²) >= 11 is 0. The molecule has 0 aliphatic heterocycles. The van der Waals surface area contributed by atoms with Crippen LogP contribution in [0.4, 0.5) is 0 Å². The van der Waals surface area contributed by atoms with Crippen molar-refractivity contribution in [3.63, 3.8) is 0 Å². The summed E-state index contributed by atoms with van der Waals surface area (Å²) in [5.74, 6) is -0.726. The normalized spacial score (nSPS) is 13.2. The molecule has 5 heteroatoms. The molecule has 0 spiro atoms. The minimum absolute atomic E-state index is 0.531. The molecular formula is C11H15NO4. The van der Waals surface area contributed by atoms with Gasteiger partial charge in [-0.15, -0.1) is 0 Å². The molecule has 0 fully saturated rings. The topological polar surface area (TPSA) is 79.7 Å². The van der Waals surface area contributed by atoms with Crippen molar-refractivity contribution in [1.29, 1.82) is 0 Å². The maximum absolute atomic E-state index is 10.8. The van der Waals surface area contributed by atoms with Gasteiger partial charge in [-0.25, -0.2) is 4.79 Å². The number of ether oxygens (including phenoxy) is 1. The Morgan fingerprint density at radius 1 is 1.50 bits per heavy atom. The highest BCUT2D eigenvalue weighted by atomic mass is 16.5. The Balaban J connectivity index is 3.10. The Hall–Kier alpha value is -1.62. The Bertz CT molecular complexity index is 389. The van der Waals surface area contributed by atoms with Crippen molar-refractivity contribution in [2.24, 2.45) is 0 Å². The summed E-state index contributed by atoms with van der Waals surface area (Å²) in [7, 11) is 1.50. The van der Waals surface area contributed by atoms with E-state index in [9.17, 15) is 9.90 Å². The van der Waals surface area contributed by atoms with Gasteiger partial charge in [-0.1, -0.05) is 13.8 Å². The summed E-state index contributed by atoms with van der Waals surface area (Å²) in [6, 6.07) is 1.67. The van der Waals surface area contributed by atoms with E-state index in [-0.39, 0.29) is 0 Å². The number of carboxylic acids is 1. The van der Waals surface area contributed by atoms with Gasteiger partial charge in [0.05, 0.1) is 13.3 Å². The molecule has 1 heterocycles. The highest BCUT2D eigenvalue weighted by Gasteiger charge is 2.35. The second-order valence-corrected chi connectivity index (χ2v) is 4.08. The zero-order valence-corrected chi connectivity index (χ0v) is 9.47. The smallest absolute Gasteiger partial charge is 0.333 e. The number of aliphatic carboxylic acids is 1. The second-order valence-electron chi connectivity index (χ2n) is 4.08. The third kappa shape index (κ3) is 2.30. The summed E-state index contributed by atoms with van der Waals surface area (Å²) in [5, 5.41) is 18.4. The van der Waals surface area contributed by atoms with Crippen LogP contribution in [0.15, 0.2) is 18.5 Å². The van der Waals surface area contributed by atoms with Crippen molar-refractivity contribution in [3.05, 3.63) is 24.0 Å². The number of nitrogens with zero attached hydrogens (tertiary/aromatic N) is 1. The standard InChI is InChI=1S/C11H15NO4/c1-11(2,9(13)10(14)15)7-4-8(16-3)6-12-5-7/h4-6,9,13H,1-3H3,(H,14,15). The molecule has 2 N–H and O–H groups in total. The fourth-order valence-electron chi connectivity index (χ4n) is 1.35. The lowest BCUT2D eigenvalue weighted by atomic mass is 9.80. The third-order valence-corrected chi connectivity index (χ3v) is 2.61. The third-order valence-electron chi connectivity index (χ3n) is 2.61. The lowest BCUT2D eigenvalue weighted by molar-refractivity contribution is -0.150. The summed E-state index contributed by atoms with van der Waals surface area (Å²) in [5.41, 5.74) is -0.311. The molecule has 0 aromatic carbocycles. The molecule has 0 bridgehead atoms. The Labute approximate surface area is 93.7 Å². The summed E-state index contributed by atoms with van der Waals surface area (Å²) in [6.45, 7) is 3.28. The van der Waals surface area contributed by atoms with Crippen LogP contribution in [0.3, 0.4) is 0 Å². The number of aromatic nitrogens is 1. The molecule has 1 aromatic rings. The van der Waals surface area contributed by atoms with E-state index in [1.807, 2.05) is 0 Å². The van der Waals surface area contributed by atoms with Crippen LogP contribution >= 0.6 is 0 Å². The van der Waals surface area contributed by atoms with Crippen molar-refractivity contribution < 1.29 is 19.7 Å². The maximum atomic E-state index is 10.8. The Morgan fingerprint density at radius 2 is 2.12 bits per heavy atom. The molecule has 1 atom stereocenters.